The molecule has 0 spiro atoms. The molecule has 0 aliphatic carbocycles. The SMILES string of the molecule is CC(C)CC(Cl)c1cnn(-c2ccccc2)c1. The Bertz CT molecular complexity index is 462. The smallest absolute Gasteiger partial charge is 0.0645 e. The fourth-order valence-corrected chi connectivity index (χ4v) is 2.24. The lowest BCUT2D eigenvalue weighted by molar-refractivity contribution is 0.575. The highest BCUT2D eigenvalue weighted by atomic mass is 35.5. The predicted octanol–water partition coefficient (Wildman–Crippen LogP) is 4.20. The summed E-state index contributed by atoms with van der Waals surface area (Å²) < 4.78 is 1.87. The molecule has 2 rings (SSSR count). The summed E-state index contributed by atoms with van der Waals surface area (Å²) >= 11 is 6.35. The summed E-state index contributed by atoms with van der Waals surface area (Å²) in [7, 11) is 0. The molecule has 1 atom stereocenters. The zero-order chi connectivity index (χ0) is 12.3. The van der Waals surface area contributed by atoms with Crippen LogP contribution in [0.4, 0.5) is 0 Å². The molecule has 0 amide bonds. The summed E-state index contributed by atoms with van der Waals surface area (Å²) in [5.74, 6) is 0.595. The molecule has 0 N–H and O–H groups in total. The van der Waals surface area contributed by atoms with Crippen molar-refractivity contribution >= 4 is 11.6 Å². The van der Waals surface area contributed by atoms with Gasteiger partial charge in [-0.25, -0.2) is 4.68 Å². The molecule has 1 aromatic heterocycles. The number of rotatable bonds is 4. The highest BCUT2D eigenvalue weighted by molar-refractivity contribution is 6.20. The third-order valence-electron chi connectivity index (χ3n) is 2.66. The van der Waals surface area contributed by atoms with Crippen molar-refractivity contribution in [3.63, 3.8) is 0 Å². The van der Waals surface area contributed by atoms with Crippen molar-refractivity contribution < 1.29 is 0 Å². The molecule has 1 heterocycles. The van der Waals surface area contributed by atoms with E-state index in [2.05, 4.69) is 18.9 Å². The fraction of sp³-hybridized carbons (Fsp3) is 0.357. The topological polar surface area (TPSA) is 17.8 Å². The Kier molecular flexibility index (Phi) is 3.85. The summed E-state index contributed by atoms with van der Waals surface area (Å²) in [6.45, 7) is 4.36. The van der Waals surface area contributed by atoms with Gasteiger partial charge < -0.3 is 0 Å². The van der Waals surface area contributed by atoms with Gasteiger partial charge in [-0.2, -0.15) is 5.10 Å². The van der Waals surface area contributed by atoms with Gasteiger partial charge in [0.05, 0.1) is 17.3 Å². The molecule has 0 saturated heterocycles. The van der Waals surface area contributed by atoms with Gasteiger partial charge in [0.2, 0.25) is 0 Å². The second-order valence-electron chi connectivity index (χ2n) is 4.65. The molecular weight excluding hydrogens is 232 g/mol. The van der Waals surface area contributed by atoms with E-state index >= 15 is 0 Å². The first-order valence-corrected chi connectivity index (χ1v) is 6.34. The van der Waals surface area contributed by atoms with Crippen molar-refractivity contribution in [2.24, 2.45) is 5.92 Å². The van der Waals surface area contributed by atoms with Gasteiger partial charge >= 0.3 is 0 Å². The molecular formula is C14H17ClN2. The number of aromatic nitrogens is 2. The second-order valence-corrected chi connectivity index (χ2v) is 5.18. The fourth-order valence-electron chi connectivity index (χ4n) is 1.77. The van der Waals surface area contributed by atoms with Crippen molar-refractivity contribution in [1.82, 2.24) is 9.78 Å². The van der Waals surface area contributed by atoms with Crippen LogP contribution in [0.5, 0.6) is 0 Å². The van der Waals surface area contributed by atoms with Crippen LogP contribution in [0.15, 0.2) is 42.7 Å². The van der Waals surface area contributed by atoms with Crippen LogP contribution in [0.3, 0.4) is 0 Å². The number of halogens is 1. The van der Waals surface area contributed by atoms with Gasteiger partial charge in [-0.05, 0) is 24.5 Å². The highest BCUT2D eigenvalue weighted by Crippen LogP contribution is 2.27. The minimum atomic E-state index is 0.0486. The van der Waals surface area contributed by atoms with Crippen molar-refractivity contribution in [3.8, 4) is 5.69 Å². The maximum atomic E-state index is 6.35. The van der Waals surface area contributed by atoms with Gasteiger partial charge in [-0.15, -0.1) is 11.6 Å². The lowest BCUT2D eigenvalue weighted by Gasteiger charge is -2.09. The number of alkyl halides is 1. The Labute approximate surface area is 107 Å². The van der Waals surface area contributed by atoms with E-state index in [1.807, 2.05) is 47.4 Å². The normalized spacial score (nSPS) is 12.9. The first-order valence-electron chi connectivity index (χ1n) is 5.91. The van der Waals surface area contributed by atoms with Crippen LogP contribution >= 0.6 is 11.6 Å². The van der Waals surface area contributed by atoms with Gasteiger partial charge in [0, 0.05) is 11.8 Å². The summed E-state index contributed by atoms with van der Waals surface area (Å²) in [5.41, 5.74) is 2.15. The van der Waals surface area contributed by atoms with Crippen molar-refractivity contribution in [2.45, 2.75) is 25.6 Å². The molecule has 0 bridgehead atoms. The van der Waals surface area contributed by atoms with Gasteiger partial charge in [0.25, 0.3) is 0 Å². The maximum absolute atomic E-state index is 6.35. The summed E-state index contributed by atoms with van der Waals surface area (Å²) in [4.78, 5) is 0. The molecule has 17 heavy (non-hydrogen) atoms. The largest absolute Gasteiger partial charge is 0.241 e. The van der Waals surface area contributed by atoms with E-state index in [1.165, 1.54) is 0 Å². The molecule has 2 aromatic rings. The summed E-state index contributed by atoms with van der Waals surface area (Å²) in [6, 6.07) is 10.1. The Morgan fingerprint density at radius 3 is 2.59 bits per heavy atom. The highest BCUT2D eigenvalue weighted by Gasteiger charge is 2.12. The van der Waals surface area contributed by atoms with E-state index < -0.39 is 0 Å². The Balaban J connectivity index is 2.16. The second kappa shape index (κ2) is 5.37. The summed E-state index contributed by atoms with van der Waals surface area (Å²) in [6.07, 6.45) is 4.84. The van der Waals surface area contributed by atoms with E-state index in [0.29, 0.717) is 5.92 Å². The summed E-state index contributed by atoms with van der Waals surface area (Å²) in [5, 5.41) is 4.40. The van der Waals surface area contributed by atoms with Crippen LogP contribution in [0.1, 0.15) is 31.2 Å². The van der Waals surface area contributed by atoms with Crippen LogP contribution < -0.4 is 0 Å². The minimum Gasteiger partial charge on any atom is -0.241 e. The van der Waals surface area contributed by atoms with Crippen LogP contribution in [0, 0.1) is 5.92 Å². The van der Waals surface area contributed by atoms with Crippen LogP contribution in [-0.2, 0) is 0 Å². The van der Waals surface area contributed by atoms with Gasteiger partial charge in [-0.3, -0.25) is 0 Å². The molecule has 0 aliphatic heterocycles. The molecule has 0 aliphatic rings. The zero-order valence-electron chi connectivity index (χ0n) is 10.2. The average molecular weight is 249 g/mol. The van der Waals surface area contributed by atoms with E-state index in [9.17, 15) is 0 Å². The lowest BCUT2D eigenvalue weighted by atomic mass is 10.0. The van der Waals surface area contributed by atoms with E-state index in [-0.39, 0.29) is 5.38 Å². The number of benzene rings is 1. The average Bonchev–Trinajstić information content (AvgIpc) is 2.78. The van der Waals surface area contributed by atoms with Crippen LogP contribution in [0.2, 0.25) is 0 Å². The third kappa shape index (κ3) is 3.10. The number of para-hydroxylation sites is 1. The van der Waals surface area contributed by atoms with E-state index in [4.69, 9.17) is 11.6 Å². The van der Waals surface area contributed by atoms with Gasteiger partial charge in [-0.1, -0.05) is 32.0 Å². The quantitative estimate of drug-likeness (QED) is 0.742. The maximum Gasteiger partial charge on any atom is 0.0645 e. The molecule has 1 unspecified atom stereocenters. The van der Waals surface area contributed by atoms with Crippen molar-refractivity contribution in [3.05, 3.63) is 48.3 Å². The van der Waals surface area contributed by atoms with Crippen molar-refractivity contribution in [2.75, 3.05) is 0 Å². The van der Waals surface area contributed by atoms with Gasteiger partial charge in [0.1, 0.15) is 0 Å². The monoisotopic (exact) mass is 248 g/mol. The lowest BCUT2D eigenvalue weighted by Crippen LogP contribution is -1.96. The molecule has 0 saturated carbocycles. The Morgan fingerprint density at radius 2 is 1.94 bits per heavy atom. The van der Waals surface area contributed by atoms with E-state index in [1.54, 1.807) is 0 Å². The predicted molar refractivity (Wildman–Crippen MR) is 71.6 cm³/mol. The van der Waals surface area contributed by atoms with Crippen molar-refractivity contribution in [1.29, 1.82) is 0 Å². The Hall–Kier alpha value is -1.28. The third-order valence-corrected chi connectivity index (χ3v) is 3.09. The Morgan fingerprint density at radius 1 is 1.24 bits per heavy atom. The number of nitrogens with zero attached hydrogens (tertiary/aromatic N) is 2. The molecule has 0 radical (unpaired) electrons. The van der Waals surface area contributed by atoms with Crippen LogP contribution in [-0.4, -0.2) is 9.78 Å². The minimum absolute atomic E-state index is 0.0486. The van der Waals surface area contributed by atoms with Gasteiger partial charge in [0.15, 0.2) is 0 Å². The standard InChI is InChI=1S/C14H17ClN2/c1-11(2)8-14(15)12-9-16-17(10-12)13-6-4-3-5-7-13/h3-7,9-11,14H,8H2,1-2H3. The first kappa shape index (κ1) is 12.2. The molecule has 90 valence electrons. The van der Waals surface area contributed by atoms with E-state index in [0.717, 1.165) is 17.7 Å². The molecule has 2 nitrogen and oxygen atoms in total. The number of hydrogen-bond donors (Lipinski definition) is 0. The molecule has 0 fully saturated rings. The first-order chi connectivity index (χ1) is 8.16. The van der Waals surface area contributed by atoms with Crippen LogP contribution in [0.25, 0.3) is 5.69 Å². The zero-order valence-corrected chi connectivity index (χ0v) is 10.9. The number of hydrogen-bond acceptors (Lipinski definition) is 1. The molecule has 3 heteroatoms. The molecule has 1 aromatic carbocycles.